The van der Waals surface area contributed by atoms with Crippen molar-refractivity contribution in [1.82, 2.24) is 10.4 Å². The molecule has 1 heterocycles. The molecule has 0 atom stereocenters. The minimum Gasteiger partial charge on any atom is -0.396 e. The summed E-state index contributed by atoms with van der Waals surface area (Å²) in [6.45, 7) is 9.05. The highest BCUT2D eigenvalue weighted by molar-refractivity contribution is 5.76. The van der Waals surface area contributed by atoms with Gasteiger partial charge >= 0.3 is 0 Å². The highest BCUT2D eigenvalue weighted by Gasteiger charge is 2.47. The van der Waals surface area contributed by atoms with Gasteiger partial charge in [0, 0.05) is 30.1 Å². The Balaban J connectivity index is 1.94. The standard InChI is InChI=1S/C20H38N2O3/c1-19(2)14-16(21-18(24)12-8-9-13-23)15-20(3,4)22(19)25-17-10-6-5-7-11-17/h16-17,23H,5-15H2,1-4H3,(H,21,24). The number of piperidine rings is 1. The van der Waals surface area contributed by atoms with Crippen LogP contribution in [0.15, 0.2) is 0 Å². The normalized spacial score (nSPS) is 25.0. The minimum atomic E-state index is -0.109. The van der Waals surface area contributed by atoms with Crippen LogP contribution in [0, 0.1) is 0 Å². The molecule has 2 fully saturated rings. The molecule has 1 amide bonds. The van der Waals surface area contributed by atoms with Gasteiger partial charge in [-0.05, 0) is 66.2 Å². The summed E-state index contributed by atoms with van der Waals surface area (Å²) in [6, 6.07) is 0.179. The Morgan fingerprint density at radius 2 is 1.68 bits per heavy atom. The summed E-state index contributed by atoms with van der Waals surface area (Å²) < 4.78 is 0. The Bertz CT molecular complexity index is 413. The van der Waals surface area contributed by atoms with E-state index in [1.807, 2.05) is 0 Å². The smallest absolute Gasteiger partial charge is 0.220 e. The van der Waals surface area contributed by atoms with Crippen LogP contribution in [-0.4, -0.2) is 45.9 Å². The Morgan fingerprint density at radius 3 is 2.24 bits per heavy atom. The van der Waals surface area contributed by atoms with Gasteiger partial charge in [0.05, 0.1) is 6.10 Å². The summed E-state index contributed by atoms with van der Waals surface area (Å²) in [6.07, 6.45) is 10.3. The van der Waals surface area contributed by atoms with Gasteiger partial charge in [-0.2, -0.15) is 5.06 Å². The highest BCUT2D eigenvalue weighted by Crippen LogP contribution is 2.40. The molecule has 0 spiro atoms. The predicted octanol–water partition coefficient (Wildman–Crippen LogP) is 3.55. The lowest BCUT2D eigenvalue weighted by molar-refractivity contribution is -0.310. The van der Waals surface area contributed by atoms with E-state index in [1.54, 1.807) is 0 Å². The number of hydrogen-bond acceptors (Lipinski definition) is 4. The fraction of sp³-hybridized carbons (Fsp3) is 0.950. The van der Waals surface area contributed by atoms with Crippen molar-refractivity contribution < 1.29 is 14.7 Å². The molecule has 0 radical (unpaired) electrons. The van der Waals surface area contributed by atoms with Crippen LogP contribution in [0.1, 0.15) is 91.9 Å². The Kier molecular flexibility index (Phi) is 7.29. The monoisotopic (exact) mass is 354 g/mol. The van der Waals surface area contributed by atoms with Crippen LogP contribution < -0.4 is 5.32 Å². The molecule has 1 aliphatic heterocycles. The van der Waals surface area contributed by atoms with Crippen molar-refractivity contribution in [3.05, 3.63) is 0 Å². The van der Waals surface area contributed by atoms with E-state index < -0.39 is 0 Å². The maximum atomic E-state index is 12.2. The first-order chi connectivity index (χ1) is 11.7. The minimum absolute atomic E-state index is 0.103. The number of hydroxylamine groups is 2. The van der Waals surface area contributed by atoms with Gasteiger partial charge in [-0.15, -0.1) is 0 Å². The number of aliphatic hydroxyl groups is 1. The molecule has 0 aromatic carbocycles. The second kappa shape index (κ2) is 8.83. The largest absolute Gasteiger partial charge is 0.396 e. The number of unbranched alkanes of at least 4 members (excludes halogenated alkanes) is 1. The highest BCUT2D eigenvalue weighted by atomic mass is 16.7. The fourth-order valence-electron chi connectivity index (χ4n) is 4.67. The number of rotatable bonds is 7. The fourth-order valence-corrected chi connectivity index (χ4v) is 4.67. The zero-order valence-electron chi connectivity index (χ0n) is 16.6. The molecule has 2 rings (SSSR count). The van der Waals surface area contributed by atoms with Crippen molar-refractivity contribution in [2.45, 2.75) is 115 Å². The molecule has 0 unspecified atom stereocenters. The molecule has 146 valence electrons. The van der Waals surface area contributed by atoms with E-state index in [-0.39, 0.29) is 29.6 Å². The van der Waals surface area contributed by atoms with Crippen molar-refractivity contribution >= 4 is 5.91 Å². The molecule has 2 aliphatic rings. The third-order valence-electron chi connectivity index (χ3n) is 5.58. The van der Waals surface area contributed by atoms with Gasteiger partial charge in [-0.1, -0.05) is 19.3 Å². The van der Waals surface area contributed by atoms with Crippen molar-refractivity contribution in [2.24, 2.45) is 0 Å². The van der Waals surface area contributed by atoms with Crippen molar-refractivity contribution in [3.8, 4) is 0 Å². The average molecular weight is 355 g/mol. The van der Waals surface area contributed by atoms with Crippen molar-refractivity contribution in [3.63, 3.8) is 0 Å². The molecule has 2 N–H and O–H groups in total. The molecule has 0 aromatic rings. The molecule has 1 aliphatic carbocycles. The first-order valence-electron chi connectivity index (χ1n) is 10.1. The van der Waals surface area contributed by atoms with E-state index in [0.717, 1.165) is 32.1 Å². The number of amides is 1. The molecule has 5 nitrogen and oxygen atoms in total. The second-order valence-corrected chi connectivity index (χ2v) is 9.14. The summed E-state index contributed by atoms with van der Waals surface area (Å²) in [5, 5.41) is 14.3. The Hall–Kier alpha value is -0.650. The molecule has 1 saturated carbocycles. The van der Waals surface area contributed by atoms with Crippen LogP contribution in [-0.2, 0) is 9.63 Å². The molecular formula is C20H38N2O3. The van der Waals surface area contributed by atoms with E-state index in [0.29, 0.717) is 18.9 Å². The van der Waals surface area contributed by atoms with Crippen LogP contribution >= 0.6 is 0 Å². The number of nitrogens with one attached hydrogen (secondary N) is 1. The summed E-state index contributed by atoms with van der Waals surface area (Å²) in [7, 11) is 0. The Labute approximate surface area is 153 Å². The van der Waals surface area contributed by atoms with Crippen LogP contribution in [0.3, 0.4) is 0 Å². The lowest BCUT2D eigenvalue weighted by Gasteiger charge is -2.55. The summed E-state index contributed by atoms with van der Waals surface area (Å²) >= 11 is 0. The number of carbonyl (C=O) groups excluding carboxylic acids is 1. The van der Waals surface area contributed by atoms with E-state index in [4.69, 9.17) is 9.94 Å². The van der Waals surface area contributed by atoms with Gasteiger partial charge < -0.3 is 10.4 Å². The van der Waals surface area contributed by atoms with E-state index in [1.165, 1.54) is 19.3 Å². The molecule has 0 aromatic heterocycles. The zero-order valence-corrected chi connectivity index (χ0v) is 16.6. The maximum absolute atomic E-state index is 12.2. The topological polar surface area (TPSA) is 61.8 Å². The molecule has 0 bridgehead atoms. The summed E-state index contributed by atoms with van der Waals surface area (Å²) in [4.78, 5) is 18.7. The zero-order chi connectivity index (χ0) is 18.5. The maximum Gasteiger partial charge on any atom is 0.220 e. The van der Waals surface area contributed by atoms with Gasteiger partial charge in [0.15, 0.2) is 0 Å². The van der Waals surface area contributed by atoms with Gasteiger partial charge in [0.2, 0.25) is 5.91 Å². The quantitative estimate of drug-likeness (QED) is 0.686. The van der Waals surface area contributed by atoms with E-state index >= 15 is 0 Å². The van der Waals surface area contributed by atoms with E-state index in [9.17, 15) is 4.79 Å². The van der Waals surface area contributed by atoms with Crippen LogP contribution in [0.5, 0.6) is 0 Å². The van der Waals surface area contributed by atoms with Crippen LogP contribution in [0.25, 0.3) is 0 Å². The first kappa shape index (κ1) is 20.7. The predicted molar refractivity (Wildman–Crippen MR) is 100 cm³/mol. The van der Waals surface area contributed by atoms with Crippen LogP contribution in [0.2, 0.25) is 0 Å². The third kappa shape index (κ3) is 5.93. The second-order valence-electron chi connectivity index (χ2n) is 9.14. The number of hydrogen-bond donors (Lipinski definition) is 2. The third-order valence-corrected chi connectivity index (χ3v) is 5.58. The van der Waals surface area contributed by atoms with Gasteiger partial charge in [-0.3, -0.25) is 9.63 Å². The Morgan fingerprint density at radius 1 is 1.08 bits per heavy atom. The van der Waals surface area contributed by atoms with Crippen molar-refractivity contribution in [2.75, 3.05) is 6.61 Å². The van der Waals surface area contributed by atoms with Gasteiger partial charge in [-0.25, -0.2) is 0 Å². The SMILES string of the molecule is CC1(C)CC(NC(=O)CCCCO)CC(C)(C)N1OC1CCCCC1. The lowest BCUT2D eigenvalue weighted by Crippen LogP contribution is -2.64. The molecular weight excluding hydrogens is 316 g/mol. The number of carbonyl (C=O) groups is 1. The first-order valence-corrected chi connectivity index (χ1v) is 10.1. The average Bonchev–Trinajstić information content (AvgIpc) is 2.51. The lowest BCUT2D eigenvalue weighted by atomic mass is 9.79. The number of nitrogens with zero attached hydrogens (tertiary/aromatic N) is 1. The van der Waals surface area contributed by atoms with Crippen molar-refractivity contribution in [1.29, 1.82) is 0 Å². The summed E-state index contributed by atoms with van der Waals surface area (Å²) in [5.74, 6) is 0.103. The molecule has 5 heteroatoms. The number of aliphatic hydroxyl groups excluding tert-OH is 1. The molecule has 1 saturated heterocycles. The molecule has 25 heavy (non-hydrogen) atoms. The summed E-state index contributed by atoms with van der Waals surface area (Å²) in [5.41, 5.74) is -0.218. The van der Waals surface area contributed by atoms with Gasteiger partial charge in [0.1, 0.15) is 0 Å². The van der Waals surface area contributed by atoms with Crippen LogP contribution in [0.4, 0.5) is 0 Å². The van der Waals surface area contributed by atoms with E-state index in [2.05, 4.69) is 38.1 Å². The van der Waals surface area contributed by atoms with Gasteiger partial charge in [0.25, 0.3) is 0 Å².